The van der Waals surface area contributed by atoms with Crippen LogP contribution in [-0.2, 0) is 4.74 Å². The smallest absolute Gasteiger partial charge is 0.0589 e. The van der Waals surface area contributed by atoms with Gasteiger partial charge >= 0.3 is 0 Å². The van der Waals surface area contributed by atoms with Gasteiger partial charge in [-0.25, -0.2) is 0 Å². The number of nitrogens with zero attached hydrogens (tertiary/aromatic N) is 1. The molecule has 0 amide bonds. The SMILES string of the molecule is COCCN1CCC(CO)C(C)(C)C1. The number of aliphatic hydroxyl groups excluding tert-OH is 1. The van der Waals surface area contributed by atoms with Crippen LogP contribution in [0.1, 0.15) is 20.3 Å². The van der Waals surface area contributed by atoms with E-state index in [0.29, 0.717) is 12.5 Å². The second kappa shape index (κ2) is 5.10. The molecule has 1 atom stereocenters. The molecule has 1 unspecified atom stereocenters. The van der Waals surface area contributed by atoms with E-state index in [1.54, 1.807) is 7.11 Å². The largest absolute Gasteiger partial charge is 0.396 e. The molecule has 0 saturated carbocycles. The summed E-state index contributed by atoms with van der Waals surface area (Å²) in [5, 5.41) is 9.25. The molecule has 1 heterocycles. The molecule has 1 fully saturated rings. The summed E-state index contributed by atoms with van der Waals surface area (Å²) in [7, 11) is 1.74. The fourth-order valence-electron chi connectivity index (χ4n) is 2.26. The van der Waals surface area contributed by atoms with Gasteiger partial charge in [-0.2, -0.15) is 0 Å². The van der Waals surface area contributed by atoms with Gasteiger partial charge in [0.2, 0.25) is 0 Å². The van der Waals surface area contributed by atoms with Crippen molar-refractivity contribution in [2.24, 2.45) is 11.3 Å². The summed E-state index contributed by atoms with van der Waals surface area (Å²) < 4.78 is 5.07. The van der Waals surface area contributed by atoms with E-state index in [-0.39, 0.29) is 5.41 Å². The third-order valence-corrected chi connectivity index (χ3v) is 3.36. The highest BCUT2D eigenvalue weighted by atomic mass is 16.5. The minimum Gasteiger partial charge on any atom is -0.396 e. The quantitative estimate of drug-likeness (QED) is 0.736. The van der Waals surface area contributed by atoms with Crippen LogP contribution < -0.4 is 0 Å². The first-order valence-corrected chi connectivity index (χ1v) is 5.42. The lowest BCUT2D eigenvalue weighted by atomic mass is 9.74. The Morgan fingerprint density at radius 2 is 2.21 bits per heavy atom. The van der Waals surface area contributed by atoms with Crippen molar-refractivity contribution in [1.82, 2.24) is 4.90 Å². The van der Waals surface area contributed by atoms with Gasteiger partial charge in [-0.05, 0) is 24.3 Å². The average Bonchev–Trinajstić information content (AvgIpc) is 2.13. The summed E-state index contributed by atoms with van der Waals surface area (Å²) in [4.78, 5) is 2.43. The first-order valence-electron chi connectivity index (χ1n) is 5.42. The fraction of sp³-hybridized carbons (Fsp3) is 1.00. The maximum absolute atomic E-state index is 9.25. The van der Waals surface area contributed by atoms with Gasteiger partial charge in [0.15, 0.2) is 0 Å². The number of rotatable bonds is 4. The van der Waals surface area contributed by atoms with E-state index in [1.807, 2.05) is 0 Å². The lowest BCUT2D eigenvalue weighted by Crippen LogP contribution is -2.47. The molecule has 0 spiro atoms. The molecule has 0 aliphatic carbocycles. The molecule has 0 bridgehead atoms. The molecule has 0 aromatic carbocycles. The van der Waals surface area contributed by atoms with Gasteiger partial charge in [0.1, 0.15) is 0 Å². The second-order valence-corrected chi connectivity index (χ2v) is 4.93. The van der Waals surface area contributed by atoms with Crippen LogP contribution in [0.4, 0.5) is 0 Å². The van der Waals surface area contributed by atoms with Crippen molar-refractivity contribution in [3.63, 3.8) is 0 Å². The van der Waals surface area contributed by atoms with Crippen LogP contribution in [0.25, 0.3) is 0 Å². The molecule has 1 rings (SSSR count). The predicted octanol–water partition coefficient (Wildman–Crippen LogP) is 0.973. The molecule has 1 aliphatic heterocycles. The molecule has 1 N–H and O–H groups in total. The van der Waals surface area contributed by atoms with Crippen LogP contribution in [0.2, 0.25) is 0 Å². The van der Waals surface area contributed by atoms with Gasteiger partial charge in [-0.1, -0.05) is 13.8 Å². The minimum absolute atomic E-state index is 0.237. The monoisotopic (exact) mass is 201 g/mol. The Hall–Kier alpha value is -0.120. The molecule has 1 aliphatic rings. The molecular formula is C11H23NO2. The van der Waals surface area contributed by atoms with Crippen LogP contribution >= 0.6 is 0 Å². The van der Waals surface area contributed by atoms with Crippen LogP contribution in [0.5, 0.6) is 0 Å². The Morgan fingerprint density at radius 3 is 2.71 bits per heavy atom. The fourth-order valence-corrected chi connectivity index (χ4v) is 2.26. The number of likely N-dealkylation sites (tertiary alicyclic amines) is 1. The molecule has 14 heavy (non-hydrogen) atoms. The zero-order valence-corrected chi connectivity index (χ0v) is 9.62. The highest BCUT2D eigenvalue weighted by Gasteiger charge is 2.34. The number of aliphatic hydroxyl groups is 1. The molecular weight excluding hydrogens is 178 g/mol. The van der Waals surface area contributed by atoms with E-state index in [1.165, 1.54) is 0 Å². The summed E-state index contributed by atoms with van der Waals surface area (Å²) in [6.07, 6.45) is 1.10. The normalized spacial score (nSPS) is 27.9. The number of ether oxygens (including phenoxy) is 1. The van der Waals surface area contributed by atoms with Crippen molar-refractivity contribution in [3.05, 3.63) is 0 Å². The highest BCUT2D eigenvalue weighted by Crippen LogP contribution is 2.34. The first-order chi connectivity index (χ1) is 6.60. The van der Waals surface area contributed by atoms with Crippen molar-refractivity contribution < 1.29 is 9.84 Å². The minimum atomic E-state index is 0.237. The highest BCUT2D eigenvalue weighted by molar-refractivity contribution is 4.86. The summed E-state index contributed by atoms with van der Waals surface area (Å²) in [5.41, 5.74) is 0.237. The maximum atomic E-state index is 9.25. The van der Waals surface area contributed by atoms with E-state index >= 15 is 0 Å². The lowest BCUT2D eigenvalue weighted by Gasteiger charge is -2.43. The summed E-state index contributed by atoms with van der Waals surface area (Å²) in [6.45, 7) is 8.79. The molecule has 1 saturated heterocycles. The number of hydrogen-bond donors (Lipinski definition) is 1. The number of hydrogen-bond acceptors (Lipinski definition) is 3. The van der Waals surface area contributed by atoms with Crippen molar-refractivity contribution in [2.75, 3.05) is 40.0 Å². The Balaban J connectivity index is 2.41. The number of methoxy groups -OCH3 is 1. The van der Waals surface area contributed by atoms with Crippen molar-refractivity contribution in [1.29, 1.82) is 0 Å². The molecule has 3 nitrogen and oxygen atoms in total. The van der Waals surface area contributed by atoms with Gasteiger partial charge < -0.3 is 14.7 Å². The Morgan fingerprint density at radius 1 is 1.50 bits per heavy atom. The standard InChI is InChI=1S/C11H23NO2/c1-11(2)9-12(6-7-14-3)5-4-10(11)8-13/h10,13H,4-9H2,1-3H3. The van der Waals surface area contributed by atoms with Crippen molar-refractivity contribution in [3.8, 4) is 0 Å². The van der Waals surface area contributed by atoms with Gasteiger partial charge in [0.25, 0.3) is 0 Å². The Bertz CT molecular complexity index is 171. The third kappa shape index (κ3) is 2.94. The zero-order chi connectivity index (χ0) is 10.6. The molecule has 0 aromatic rings. The van der Waals surface area contributed by atoms with Crippen LogP contribution in [0.15, 0.2) is 0 Å². The maximum Gasteiger partial charge on any atom is 0.0589 e. The van der Waals surface area contributed by atoms with E-state index < -0.39 is 0 Å². The van der Waals surface area contributed by atoms with E-state index in [0.717, 1.165) is 32.7 Å². The topological polar surface area (TPSA) is 32.7 Å². The van der Waals surface area contributed by atoms with E-state index in [4.69, 9.17) is 4.74 Å². The summed E-state index contributed by atoms with van der Waals surface area (Å²) >= 11 is 0. The van der Waals surface area contributed by atoms with Gasteiger partial charge in [-0.15, -0.1) is 0 Å². The van der Waals surface area contributed by atoms with Crippen molar-refractivity contribution in [2.45, 2.75) is 20.3 Å². The Labute approximate surface area is 87.1 Å². The van der Waals surface area contributed by atoms with E-state index in [9.17, 15) is 5.11 Å². The van der Waals surface area contributed by atoms with Crippen molar-refractivity contribution >= 4 is 0 Å². The predicted molar refractivity (Wildman–Crippen MR) is 57.3 cm³/mol. The Kier molecular flexibility index (Phi) is 4.35. The van der Waals surface area contributed by atoms with Crippen LogP contribution in [0.3, 0.4) is 0 Å². The van der Waals surface area contributed by atoms with Crippen LogP contribution in [-0.4, -0.2) is 50.0 Å². The summed E-state index contributed by atoms with van der Waals surface area (Å²) in [5.74, 6) is 0.460. The third-order valence-electron chi connectivity index (χ3n) is 3.36. The molecule has 0 radical (unpaired) electrons. The zero-order valence-electron chi connectivity index (χ0n) is 9.62. The average molecular weight is 201 g/mol. The van der Waals surface area contributed by atoms with Gasteiger partial charge in [-0.3, -0.25) is 0 Å². The lowest BCUT2D eigenvalue weighted by molar-refractivity contribution is 0.0116. The molecule has 3 heteroatoms. The van der Waals surface area contributed by atoms with Gasteiger partial charge in [0.05, 0.1) is 6.61 Å². The molecule has 0 aromatic heterocycles. The van der Waals surface area contributed by atoms with Crippen LogP contribution in [0, 0.1) is 11.3 Å². The summed E-state index contributed by atoms with van der Waals surface area (Å²) in [6, 6.07) is 0. The number of piperidine rings is 1. The van der Waals surface area contributed by atoms with Gasteiger partial charge in [0, 0.05) is 26.8 Å². The second-order valence-electron chi connectivity index (χ2n) is 4.93. The molecule has 84 valence electrons. The van der Waals surface area contributed by atoms with E-state index in [2.05, 4.69) is 18.7 Å². The first kappa shape index (κ1) is 12.0.